The van der Waals surface area contributed by atoms with Crippen LogP contribution in [0.15, 0.2) is 0 Å². The van der Waals surface area contributed by atoms with Crippen LogP contribution in [0.5, 0.6) is 0 Å². The van der Waals surface area contributed by atoms with Gasteiger partial charge in [-0.05, 0) is 9.76 Å². The van der Waals surface area contributed by atoms with Crippen LogP contribution >= 0.6 is 0 Å². The minimum Gasteiger partial charge on any atom is -0.0654 e. The maximum absolute atomic E-state index is 3.87. The molecule has 0 aliphatic heterocycles. The first-order valence-corrected chi connectivity index (χ1v) is 11.4. The van der Waals surface area contributed by atoms with Gasteiger partial charge in [0, 0.05) is 8.31 Å². The minimum atomic E-state index is -0.140. The molecule has 0 rings (SSSR count). The smallest absolute Gasteiger partial charge is 0.0202 e. The zero-order valence-corrected chi connectivity index (χ0v) is 11.4. The highest BCUT2D eigenvalue weighted by molar-refractivity contribution is 7.03. The van der Waals surface area contributed by atoms with Crippen molar-refractivity contribution in [2.75, 3.05) is 0 Å². The van der Waals surface area contributed by atoms with Crippen molar-refractivity contribution in [2.24, 2.45) is 0 Å². The SMILES string of the molecule is [CH2]CCCC[SiH]([SiH3])CCCC. The van der Waals surface area contributed by atoms with E-state index < -0.39 is 0 Å². The van der Waals surface area contributed by atoms with Crippen LogP contribution < -0.4 is 0 Å². The second-order valence-electron chi connectivity index (χ2n) is 3.60. The molecule has 0 aliphatic carbocycles. The van der Waals surface area contributed by atoms with Gasteiger partial charge < -0.3 is 0 Å². The van der Waals surface area contributed by atoms with Crippen LogP contribution in [0.4, 0.5) is 0 Å². The van der Waals surface area contributed by atoms with E-state index in [9.17, 15) is 0 Å². The Morgan fingerprint density at radius 2 is 1.82 bits per heavy atom. The van der Waals surface area contributed by atoms with Gasteiger partial charge in [-0.25, -0.2) is 0 Å². The average molecular weight is 187 g/mol. The van der Waals surface area contributed by atoms with Crippen LogP contribution in [0.25, 0.3) is 0 Å². The third-order valence-corrected chi connectivity index (χ3v) is 8.50. The normalized spacial score (nSPS) is 13.6. The predicted molar refractivity (Wildman–Crippen MR) is 60.8 cm³/mol. The van der Waals surface area contributed by atoms with E-state index in [0.717, 1.165) is 6.42 Å². The Labute approximate surface area is 76.6 Å². The molecule has 0 bridgehead atoms. The molecule has 0 fully saturated rings. The fourth-order valence-electron chi connectivity index (χ4n) is 1.37. The summed E-state index contributed by atoms with van der Waals surface area (Å²) in [6.07, 6.45) is 6.91. The second-order valence-corrected chi connectivity index (χ2v) is 11.9. The summed E-state index contributed by atoms with van der Waals surface area (Å²) >= 11 is 0. The number of hydrogen-bond donors (Lipinski definition) is 0. The van der Waals surface area contributed by atoms with Gasteiger partial charge in [0.2, 0.25) is 0 Å². The van der Waals surface area contributed by atoms with Gasteiger partial charge in [0.1, 0.15) is 0 Å². The van der Waals surface area contributed by atoms with E-state index in [1.807, 2.05) is 0 Å². The van der Waals surface area contributed by atoms with Crippen LogP contribution in [-0.2, 0) is 0 Å². The van der Waals surface area contributed by atoms with E-state index in [1.165, 1.54) is 35.4 Å². The van der Waals surface area contributed by atoms with Crippen LogP contribution in [0, 0.1) is 6.92 Å². The fourth-order valence-corrected chi connectivity index (χ4v) is 6.20. The van der Waals surface area contributed by atoms with Gasteiger partial charge in [-0.15, -0.1) is 0 Å². The van der Waals surface area contributed by atoms with E-state index in [0.29, 0.717) is 0 Å². The van der Waals surface area contributed by atoms with Gasteiger partial charge in [-0.3, -0.25) is 0 Å². The van der Waals surface area contributed by atoms with Crippen molar-refractivity contribution in [1.82, 2.24) is 0 Å². The maximum Gasteiger partial charge on any atom is 0.0202 e. The molecule has 0 saturated heterocycles. The topological polar surface area (TPSA) is 0 Å². The molecular weight excluding hydrogens is 164 g/mol. The lowest BCUT2D eigenvalue weighted by molar-refractivity contribution is 0.800. The monoisotopic (exact) mass is 187 g/mol. The van der Waals surface area contributed by atoms with Crippen molar-refractivity contribution in [2.45, 2.75) is 51.1 Å². The summed E-state index contributed by atoms with van der Waals surface area (Å²) in [5, 5.41) is 0. The molecule has 2 heteroatoms. The third kappa shape index (κ3) is 8.34. The van der Waals surface area contributed by atoms with Gasteiger partial charge in [-0.1, -0.05) is 58.0 Å². The molecule has 0 spiro atoms. The molecule has 0 saturated carbocycles. The molecule has 0 aliphatic rings. The zero-order valence-electron chi connectivity index (χ0n) is 8.23. The molecule has 0 aromatic heterocycles. The molecule has 11 heavy (non-hydrogen) atoms. The van der Waals surface area contributed by atoms with Gasteiger partial charge >= 0.3 is 0 Å². The summed E-state index contributed by atoms with van der Waals surface area (Å²) in [6.45, 7) is 6.18. The lowest BCUT2D eigenvalue weighted by Gasteiger charge is -2.07. The Morgan fingerprint density at radius 3 is 2.36 bits per heavy atom. The maximum atomic E-state index is 3.87. The van der Waals surface area contributed by atoms with Gasteiger partial charge in [0.25, 0.3) is 0 Å². The second kappa shape index (κ2) is 8.53. The number of unbranched alkanes of at least 4 members (excludes halogenated alkanes) is 3. The van der Waals surface area contributed by atoms with Crippen LogP contribution in [0.2, 0.25) is 12.1 Å². The molecule has 67 valence electrons. The summed E-state index contributed by atoms with van der Waals surface area (Å²) in [7, 11) is 1.40. The van der Waals surface area contributed by atoms with E-state index >= 15 is 0 Å². The molecule has 0 heterocycles. The van der Waals surface area contributed by atoms with Gasteiger partial charge in [-0.2, -0.15) is 0 Å². The lowest BCUT2D eigenvalue weighted by Crippen LogP contribution is -2.11. The van der Waals surface area contributed by atoms with Crippen LogP contribution in [0.1, 0.15) is 39.0 Å². The predicted octanol–water partition coefficient (Wildman–Crippen LogP) is 1.88. The summed E-state index contributed by atoms with van der Waals surface area (Å²) in [4.78, 5) is 0. The largest absolute Gasteiger partial charge is 0.0654 e. The summed E-state index contributed by atoms with van der Waals surface area (Å²) in [5.41, 5.74) is 0. The zero-order chi connectivity index (χ0) is 8.53. The molecule has 1 atom stereocenters. The quantitative estimate of drug-likeness (QED) is 0.422. The van der Waals surface area contributed by atoms with Crippen molar-refractivity contribution in [3.05, 3.63) is 6.92 Å². The van der Waals surface area contributed by atoms with E-state index in [1.54, 1.807) is 12.1 Å². The third-order valence-electron chi connectivity index (χ3n) is 2.25. The van der Waals surface area contributed by atoms with E-state index in [-0.39, 0.29) is 8.31 Å². The van der Waals surface area contributed by atoms with E-state index in [2.05, 4.69) is 13.8 Å². The first kappa shape index (κ1) is 11.4. The van der Waals surface area contributed by atoms with Crippen molar-refractivity contribution in [3.8, 4) is 0 Å². The van der Waals surface area contributed by atoms with Gasteiger partial charge in [0.15, 0.2) is 0 Å². The Hall–Kier alpha value is 0.434. The molecule has 0 aromatic rings. The molecule has 1 unspecified atom stereocenters. The first-order valence-electron chi connectivity index (χ1n) is 5.10. The minimum absolute atomic E-state index is 0.140. The van der Waals surface area contributed by atoms with Crippen molar-refractivity contribution >= 4 is 18.1 Å². The molecule has 0 nitrogen and oxygen atoms in total. The average Bonchev–Trinajstić information content (AvgIpc) is 2.01. The Kier molecular flexibility index (Phi) is 8.87. The molecular formula is C9H23Si2. The number of hydrogen-bond acceptors (Lipinski definition) is 0. The van der Waals surface area contributed by atoms with Gasteiger partial charge in [0.05, 0.1) is 0 Å². The van der Waals surface area contributed by atoms with Crippen molar-refractivity contribution in [1.29, 1.82) is 0 Å². The highest BCUT2D eigenvalue weighted by Crippen LogP contribution is 2.07. The number of rotatable bonds is 7. The fraction of sp³-hybridized carbons (Fsp3) is 0.889. The Bertz CT molecular complexity index is 74.0. The highest BCUT2D eigenvalue weighted by Gasteiger charge is 2.01. The van der Waals surface area contributed by atoms with Crippen molar-refractivity contribution in [3.63, 3.8) is 0 Å². The molecule has 0 N–H and O–H groups in total. The first-order chi connectivity index (χ1) is 5.31. The highest BCUT2D eigenvalue weighted by atomic mass is 29.1. The van der Waals surface area contributed by atoms with E-state index in [4.69, 9.17) is 0 Å². The van der Waals surface area contributed by atoms with Crippen molar-refractivity contribution < 1.29 is 0 Å². The lowest BCUT2D eigenvalue weighted by atomic mass is 10.3. The summed E-state index contributed by atoms with van der Waals surface area (Å²) in [5.74, 6) is 0. The standard InChI is InChI=1S/C9H23Si2/c1-3-5-7-9-11(10)8-6-4-2/h11H,1,3-9H2,2,10H3. The molecule has 0 amide bonds. The molecule has 1 radical (unpaired) electrons. The van der Waals surface area contributed by atoms with Crippen LogP contribution in [0.3, 0.4) is 0 Å². The Balaban J connectivity index is 3.02. The molecule has 0 aromatic carbocycles. The summed E-state index contributed by atoms with van der Waals surface area (Å²) < 4.78 is 0. The van der Waals surface area contributed by atoms with Crippen LogP contribution in [-0.4, -0.2) is 18.1 Å². The Morgan fingerprint density at radius 1 is 1.18 bits per heavy atom. The summed E-state index contributed by atoms with van der Waals surface area (Å²) in [6, 6.07) is 3.24.